The number of thioether (sulfide) groups is 1. The van der Waals surface area contributed by atoms with Gasteiger partial charge in [-0.2, -0.15) is 11.8 Å². The van der Waals surface area contributed by atoms with Crippen molar-refractivity contribution in [3.8, 4) is 0 Å². The van der Waals surface area contributed by atoms with Gasteiger partial charge in [-0.05, 0) is 48.3 Å². The Kier molecular flexibility index (Phi) is 6.50. The van der Waals surface area contributed by atoms with Gasteiger partial charge in [-0.15, -0.1) is 0 Å². The molecule has 0 aliphatic carbocycles. The van der Waals surface area contributed by atoms with Crippen molar-refractivity contribution in [2.75, 3.05) is 12.0 Å². The molecule has 0 spiro atoms. The van der Waals surface area contributed by atoms with Crippen LogP contribution < -0.4 is 5.32 Å². The lowest BCUT2D eigenvalue weighted by Gasteiger charge is -2.20. The number of amides is 1. The van der Waals surface area contributed by atoms with Crippen molar-refractivity contribution in [3.63, 3.8) is 0 Å². The lowest BCUT2D eigenvalue weighted by Crippen LogP contribution is -2.31. The van der Waals surface area contributed by atoms with Crippen LogP contribution in [0.4, 0.5) is 0 Å². The normalized spacial score (nSPS) is 12.0. The summed E-state index contributed by atoms with van der Waals surface area (Å²) in [6, 6.07) is 27.8. The van der Waals surface area contributed by atoms with Crippen LogP contribution in [-0.2, 0) is 6.54 Å². The van der Waals surface area contributed by atoms with Crippen molar-refractivity contribution in [2.45, 2.75) is 19.0 Å². The van der Waals surface area contributed by atoms with Gasteiger partial charge in [0.1, 0.15) is 5.82 Å². The zero-order chi connectivity index (χ0) is 20.8. The smallest absolute Gasteiger partial charge is 0.251 e. The van der Waals surface area contributed by atoms with Gasteiger partial charge in [0.2, 0.25) is 0 Å². The molecule has 4 aromatic rings. The van der Waals surface area contributed by atoms with Crippen LogP contribution in [0.25, 0.3) is 11.0 Å². The average Bonchev–Trinajstić information content (AvgIpc) is 3.16. The number of fused-ring (bicyclic) bond motifs is 1. The van der Waals surface area contributed by atoms with Gasteiger partial charge >= 0.3 is 0 Å². The Hall–Kier alpha value is -3.05. The van der Waals surface area contributed by atoms with Crippen LogP contribution in [-0.4, -0.2) is 27.5 Å². The quantitative estimate of drug-likeness (QED) is 0.424. The molecule has 3 aromatic carbocycles. The van der Waals surface area contributed by atoms with E-state index in [0.717, 1.165) is 29.0 Å². The fourth-order valence-corrected chi connectivity index (χ4v) is 4.10. The summed E-state index contributed by atoms with van der Waals surface area (Å²) < 4.78 is 2.24. The van der Waals surface area contributed by atoms with Crippen LogP contribution in [0.1, 0.15) is 34.2 Å². The Morgan fingerprint density at radius 2 is 1.63 bits per heavy atom. The van der Waals surface area contributed by atoms with Gasteiger partial charge in [0, 0.05) is 12.1 Å². The monoisotopic (exact) mass is 415 g/mol. The lowest BCUT2D eigenvalue weighted by atomic mass is 10.1. The molecule has 0 saturated carbocycles. The number of hydrogen-bond donors (Lipinski definition) is 1. The highest BCUT2D eigenvalue weighted by atomic mass is 32.2. The van der Waals surface area contributed by atoms with E-state index in [1.165, 1.54) is 5.56 Å². The summed E-state index contributed by atoms with van der Waals surface area (Å²) in [5.41, 5.74) is 3.91. The standard InChI is InChI=1S/C25H25N3OS/c1-30-17-16-22(27-25(29)20-12-6-3-7-13-20)24-26-21-14-8-9-15-23(21)28(24)18-19-10-4-2-5-11-19/h2-15,22H,16-18H2,1H3,(H,27,29)/t22-/m0/s1. The second-order valence-electron chi connectivity index (χ2n) is 7.20. The van der Waals surface area contributed by atoms with Crippen molar-refractivity contribution in [2.24, 2.45) is 0 Å². The molecule has 4 nitrogen and oxygen atoms in total. The van der Waals surface area contributed by atoms with Crippen LogP contribution in [0.15, 0.2) is 84.9 Å². The van der Waals surface area contributed by atoms with Crippen molar-refractivity contribution in [3.05, 3.63) is 102 Å². The molecule has 1 N–H and O–H groups in total. The van der Waals surface area contributed by atoms with E-state index in [2.05, 4.69) is 46.5 Å². The SMILES string of the molecule is CSCC[C@H](NC(=O)c1ccccc1)c1nc2ccccc2n1Cc1ccccc1. The first kappa shape index (κ1) is 20.2. The summed E-state index contributed by atoms with van der Waals surface area (Å²) in [7, 11) is 0. The molecule has 0 fully saturated rings. The van der Waals surface area contributed by atoms with E-state index < -0.39 is 0 Å². The van der Waals surface area contributed by atoms with Gasteiger partial charge in [-0.1, -0.05) is 60.7 Å². The molecule has 5 heteroatoms. The van der Waals surface area contributed by atoms with E-state index >= 15 is 0 Å². The molecule has 1 heterocycles. The van der Waals surface area contributed by atoms with E-state index in [1.54, 1.807) is 11.8 Å². The molecule has 0 unspecified atom stereocenters. The predicted molar refractivity (Wildman–Crippen MR) is 125 cm³/mol. The summed E-state index contributed by atoms with van der Waals surface area (Å²) in [6.07, 6.45) is 2.90. The first-order chi connectivity index (χ1) is 14.8. The van der Waals surface area contributed by atoms with Gasteiger partial charge < -0.3 is 9.88 Å². The van der Waals surface area contributed by atoms with E-state index in [1.807, 2.05) is 54.6 Å². The number of carbonyl (C=O) groups excluding carboxylic acids is 1. The third kappa shape index (κ3) is 4.57. The van der Waals surface area contributed by atoms with Crippen LogP contribution in [0.5, 0.6) is 0 Å². The maximum atomic E-state index is 12.9. The van der Waals surface area contributed by atoms with E-state index in [9.17, 15) is 4.79 Å². The van der Waals surface area contributed by atoms with Crippen molar-refractivity contribution in [1.29, 1.82) is 0 Å². The largest absolute Gasteiger partial charge is 0.342 e. The van der Waals surface area contributed by atoms with Gasteiger partial charge in [0.05, 0.1) is 17.1 Å². The molecule has 0 radical (unpaired) electrons. The van der Waals surface area contributed by atoms with Crippen molar-refractivity contribution in [1.82, 2.24) is 14.9 Å². The van der Waals surface area contributed by atoms with Crippen LogP contribution >= 0.6 is 11.8 Å². The number of nitrogens with one attached hydrogen (secondary N) is 1. The highest BCUT2D eigenvalue weighted by Crippen LogP contribution is 2.25. The predicted octanol–water partition coefficient (Wildman–Crippen LogP) is 5.31. The molecule has 0 aliphatic heterocycles. The molecular formula is C25H25N3OS. The minimum Gasteiger partial charge on any atom is -0.342 e. The van der Waals surface area contributed by atoms with Gasteiger partial charge in [0.25, 0.3) is 5.91 Å². The van der Waals surface area contributed by atoms with E-state index in [0.29, 0.717) is 12.1 Å². The topological polar surface area (TPSA) is 46.9 Å². The number of imidazole rings is 1. The molecule has 4 rings (SSSR count). The molecule has 30 heavy (non-hydrogen) atoms. The molecule has 1 atom stereocenters. The van der Waals surface area contributed by atoms with Crippen LogP contribution in [0.2, 0.25) is 0 Å². The molecule has 0 aliphatic rings. The molecule has 0 bridgehead atoms. The third-order valence-corrected chi connectivity index (χ3v) is 5.78. The first-order valence-electron chi connectivity index (χ1n) is 10.1. The zero-order valence-corrected chi connectivity index (χ0v) is 17.8. The summed E-state index contributed by atoms with van der Waals surface area (Å²) in [5.74, 6) is 1.77. The Morgan fingerprint density at radius 3 is 2.37 bits per heavy atom. The summed E-state index contributed by atoms with van der Waals surface area (Å²) >= 11 is 1.78. The van der Waals surface area contributed by atoms with Crippen molar-refractivity contribution >= 4 is 28.7 Å². The van der Waals surface area contributed by atoms with E-state index in [-0.39, 0.29) is 11.9 Å². The number of hydrogen-bond acceptors (Lipinski definition) is 3. The molecular weight excluding hydrogens is 390 g/mol. The Bertz CT molecular complexity index is 1110. The fourth-order valence-electron chi connectivity index (χ4n) is 3.62. The Labute approximate surface area is 181 Å². The molecule has 0 saturated heterocycles. The number of benzene rings is 3. The van der Waals surface area contributed by atoms with Gasteiger partial charge in [-0.25, -0.2) is 4.98 Å². The maximum Gasteiger partial charge on any atom is 0.251 e. The first-order valence-corrected chi connectivity index (χ1v) is 11.5. The molecule has 1 amide bonds. The number of carbonyl (C=O) groups is 1. The minimum atomic E-state index is -0.165. The molecule has 152 valence electrons. The van der Waals surface area contributed by atoms with Crippen molar-refractivity contribution < 1.29 is 4.79 Å². The van der Waals surface area contributed by atoms with E-state index in [4.69, 9.17) is 4.98 Å². The number of para-hydroxylation sites is 2. The Balaban J connectivity index is 1.73. The van der Waals surface area contributed by atoms with Crippen LogP contribution in [0, 0.1) is 0 Å². The summed E-state index contributed by atoms with van der Waals surface area (Å²) in [6.45, 7) is 0.716. The van der Waals surface area contributed by atoms with Crippen LogP contribution in [0.3, 0.4) is 0 Å². The van der Waals surface area contributed by atoms with Gasteiger partial charge in [-0.3, -0.25) is 4.79 Å². The highest BCUT2D eigenvalue weighted by molar-refractivity contribution is 7.98. The number of nitrogens with zero attached hydrogens (tertiary/aromatic N) is 2. The number of aromatic nitrogens is 2. The average molecular weight is 416 g/mol. The lowest BCUT2D eigenvalue weighted by molar-refractivity contribution is 0.0933. The molecule has 1 aromatic heterocycles. The zero-order valence-electron chi connectivity index (χ0n) is 17.0. The van der Waals surface area contributed by atoms with Gasteiger partial charge in [0.15, 0.2) is 0 Å². The summed E-state index contributed by atoms with van der Waals surface area (Å²) in [5, 5.41) is 3.24. The minimum absolute atomic E-state index is 0.0694. The fraction of sp³-hybridized carbons (Fsp3) is 0.200. The Morgan fingerprint density at radius 1 is 0.967 bits per heavy atom. The summed E-state index contributed by atoms with van der Waals surface area (Å²) in [4.78, 5) is 17.9. The maximum absolute atomic E-state index is 12.9. The second-order valence-corrected chi connectivity index (χ2v) is 8.19. The number of rotatable bonds is 8. The third-order valence-electron chi connectivity index (χ3n) is 5.13. The highest BCUT2D eigenvalue weighted by Gasteiger charge is 2.22. The second kappa shape index (κ2) is 9.63.